The quantitative estimate of drug-likeness (QED) is 0.611. The minimum Gasteiger partial charge on any atom is -0.477 e. The van der Waals surface area contributed by atoms with E-state index in [1.54, 1.807) is 6.07 Å². The summed E-state index contributed by atoms with van der Waals surface area (Å²) in [7, 11) is 0. The number of hydrogen-bond donors (Lipinski definition) is 0. The Kier molecular flexibility index (Phi) is 4.33. The average Bonchev–Trinajstić information content (AvgIpc) is 2.86. The lowest BCUT2D eigenvalue weighted by Gasteiger charge is -2.04. The predicted molar refractivity (Wildman–Crippen MR) is 73.5 cm³/mol. The zero-order valence-electron chi connectivity index (χ0n) is 10.9. The van der Waals surface area contributed by atoms with Crippen LogP contribution in [0.15, 0.2) is 27.1 Å². The van der Waals surface area contributed by atoms with Gasteiger partial charge in [-0.1, -0.05) is 29.8 Å². The highest BCUT2D eigenvalue weighted by atomic mass is 79.9. The first-order chi connectivity index (χ1) is 9.47. The van der Waals surface area contributed by atoms with E-state index in [0.717, 1.165) is 0 Å². The Bertz CT molecular complexity index is 627. The number of nitrogens with zero attached hydrogens (tertiary/aromatic N) is 3. The standard InChI is InChI=1S/C12H12BrN3O4/c1-7(2)12-15-14-11(20-12)6-19-10-4-3-8(13)5-9(10)16(17)18/h3-5,7H,6H2,1-2H3. The molecule has 0 fully saturated rings. The van der Waals surface area contributed by atoms with Crippen LogP contribution in [0.5, 0.6) is 5.75 Å². The molecule has 0 saturated heterocycles. The summed E-state index contributed by atoms with van der Waals surface area (Å²) in [6.07, 6.45) is 0. The van der Waals surface area contributed by atoms with E-state index in [2.05, 4.69) is 26.1 Å². The molecule has 106 valence electrons. The monoisotopic (exact) mass is 341 g/mol. The van der Waals surface area contributed by atoms with Crippen molar-refractivity contribution in [3.63, 3.8) is 0 Å². The highest BCUT2D eigenvalue weighted by Gasteiger charge is 2.17. The van der Waals surface area contributed by atoms with Gasteiger partial charge in [0.05, 0.1) is 4.92 Å². The zero-order chi connectivity index (χ0) is 14.7. The molecule has 2 aromatic rings. The largest absolute Gasteiger partial charge is 0.477 e. The summed E-state index contributed by atoms with van der Waals surface area (Å²) in [5, 5.41) is 18.6. The summed E-state index contributed by atoms with van der Waals surface area (Å²) in [5.74, 6) is 1.07. The van der Waals surface area contributed by atoms with Gasteiger partial charge in [0.1, 0.15) is 0 Å². The Balaban J connectivity index is 2.12. The van der Waals surface area contributed by atoms with Crippen molar-refractivity contribution in [3.05, 3.63) is 44.6 Å². The Hall–Kier alpha value is -1.96. The van der Waals surface area contributed by atoms with Gasteiger partial charge in [-0.2, -0.15) is 0 Å². The second-order valence-electron chi connectivity index (χ2n) is 4.35. The molecule has 8 heteroatoms. The lowest BCUT2D eigenvalue weighted by atomic mass is 10.2. The van der Waals surface area contributed by atoms with Crippen LogP contribution in [0.3, 0.4) is 0 Å². The third kappa shape index (κ3) is 3.32. The van der Waals surface area contributed by atoms with Crippen LogP contribution in [0, 0.1) is 10.1 Å². The molecule has 0 amide bonds. The molecule has 0 unspecified atom stereocenters. The molecule has 0 aliphatic heterocycles. The number of aromatic nitrogens is 2. The molecule has 0 radical (unpaired) electrons. The SMILES string of the molecule is CC(C)c1nnc(COc2ccc(Br)cc2[N+](=O)[O-])o1. The van der Waals surface area contributed by atoms with Crippen LogP contribution in [0.25, 0.3) is 0 Å². The molecule has 0 saturated carbocycles. The van der Waals surface area contributed by atoms with Crippen LogP contribution < -0.4 is 4.74 Å². The lowest BCUT2D eigenvalue weighted by Crippen LogP contribution is -1.99. The number of nitro benzene ring substituents is 1. The normalized spacial score (nSPS) is 10.8. The number of ether oxygens (including phenoxy) is 1. The molecule has 0 aliphatic carbocycles. The maximum atomic E-state index is 10.9. The van der Waals surface area contributed by atoms with E-state index in [9.17, 15) is 10.1 Å². The Morgan fingerprint density at radius 1 is 1.45 bits per heavy atom. The van der Waals surface area contributed by atoms with Crippen LogP contribution >= 0.6 is 15.9 Å². The van der Waals surface area contributed by atoms with E-state index in [0.29, 0.717) is 10.4 Å². The van der Waals surface area contributed by atoms with Crippen LogP contribution in [0.1, 0.15) is 31.5 Å². The molecular weight excluding hydrogens is 330 g/mol. The van der Waals surface area contributed by atoms with Crippen molar-refractivity contribution in [1.29, 1.82) is 0 Å². The van der Waals surface area contributed by atoms with Crippen LogP contribution in [-0.2, 0) is 6.61 Å². The van der Waals surface area contributed by atoms with E-state index in [4.69, 9.17) is 9.15 Å². The van der Waals surface area contributed by atoms with Gasteiger partial charge in [-0.05, 0) is 12.1 Å². The van der Waals surface area contributed by atoms with E-state index in [1.807, 2.05) is 13.8 Å². The smallest absolute Gasteiger partial charge is 0.312 e. The summed E-state index contributed by atoms with van der Waals surface area (Å²) >= 11 is 3.18. The topological polar surface area (TPSA) is 91.3 Å². The number of hydrogen-bond acceptors (Lipinski definition) is 6. The molecule has 0 N–H and O–H groups in total. The molecule has 0 atom stereocenters. The van der Waals surface area contributed by atoms with Gasteiger partial charge in [-0.25, -0.2) is 0 Å². The van der Waals surface area contributed by atoms with Gasteiger partial charge in [0.25, 0.3) is 5.89 Å². The zero-order valence-corrected chi connectivity index (χ0v) is 12.5. The molecule has 2 rings (SSSR count). The fourth-order valence-corrected chi connectivity index (χ4v) is 1.80. The van der Waals surface area contributed by atoms with Gasteiger partial charge >= 0.3 is 5.69 Å². The van der Waals surface area contributed by atoms with Crippen LogP contribution in [-0.4, -0.2) is 15.1 Å². The van der Waals surface area contributed by atoms with Gasteiger partial charge in [0.2, 0.25) is 5.89 Å². The van der Waals surface area contributed by atoms with Gasteiger partial charge < -0.3 is 9.15 Å². The van der Waals surface area contributed by atoms with E-state index in [-0.39, 0.29) is 29.9 Å². The predicted octanol–water partition coefficient (Wildman–Crippen LogP) is 3.44. The molecule has 1 aromatic carbocycles. The minimum absolute atomic E-state index is 0.0117. The van der Waals surface area contributed by atoms with Crippen molar-refractivity contribution in [2.24, 2.45) is 0 Å². The van der Waals surface area contributed by atoms with Crippen LogP contribution in [0.2, 0.25) is 0 Å². The molecule has 20 heavy (non-hydrogen) atoms. The van der Waals surface area contributed by atoms with E-state index < -0.39 is 4.92 Å². The number of benzene rings is 1. The number of halogens is 1. The summed E-state index contributed by atoms with van der Waals surface area (Å²) in [6.45, 7) is 3.84. The third-order valence-electron chi connectivity index (χ3n) is 2.45. The molecule has 0 aliphatic rings. The third-order valence-corrected chi connectivity index (χ3v) is 2.94. The second kappa shape index (κ2) is 6.00. The summed E-state index contributed by atoms with van der Waals surface area (Å²) in [4.78, 5) is 10.4. The van der Waals surface area contributed by atoms with Crippen LogP contribution in [0.4, 0.5) is 5.69 Å². The highest BCUT2D eigenvalue weighted by molar-refractivity contribution is 9.10. The van der Waals surface area contributed by atoms with Gasteiger partial charge in [-0.3, -0.25) is 10.1 Å². The van der Waals surface area contributed by atoms with Crippen molar-refractivity contribution < 1.29 is 14.1 Å². The van der Waals surface area contributed by atoms with Crippen molar-refractivity contribution in [3.8, 4) is 5.75 Å². The first kappa shape index (κ1) is 14.4. The molecule has 1 aromatic heterocycles. The summed E-state index contributed by atoms with van der Waals surface area (Å²) in [6, 6.07) is 4.56. The van der Waals surface area contributed by atoms with Gasteiger partial charge in [0.15, 0.2) is 12.4 Å². The Morgan fingerprint density at radius 2 is 2.20 bits per heavy atom. The molecule has 7 nitrogen and oxygen atoms in total. The summed E-state index contributed by atoms with van der Waals surface area (Å²) in [5.41, 5.74) is -0.122. The molecule has 1 heterocycles. The van der Waals surface area contributed by atoms with E-state index in [1.165, 1.54) is 12.1 Å². The van der Waals surface area contributed by atoms with Gasteiger partial charge in [-0.15, -0.1) is 10.2 Å². The van der Waals surface area contributed by atoms with Crippen molar-refractivity contribution in [2.75, 3.05) is 0 Å². The maximum Gasteiger partial charge on any atom is 0.312 e. The van der Waals surface area contributed by atoms with Crippen molar-refractivity contribution in [2.45, 2.75) is 26.4 Å². The van der Waals surface area contributed by atoms with Crippen molar-refractivity contribution in [1.82, 2.24) is 10.2 Å². The fraction of sp³-hybridized carbons (Fsp3) is 0.333. The summed E-state index contributed by atoms with van der Waals surface area (Å²) < 4.78 is 11.3. The maximum absolute atomic E-state index is 10.9. The first-order valence-corrected chi connectivity index (χ1v) is 6.65. The van der Waals surface area contributed by atoms with Crippen molar-refractivity contribution >= 4 is 21.6 Å². The van der Waals surface area contributed by atoms with E-state index >= 15 is 0 Å². The molecule has 0 spiro atoms. The Morgan fingerprint density at radius 3 is 2.80 bits per heavy atom. The Labute approximate surface area is 123 Å². The number of rotatable bonds is 5. The fourth-order valence-electron chi connectivity index (χ4n) is 1.45. The average molecular weight is 342 g/mol. The van der Waals surface area contributed by atoms with Gasteiger partial charge in [0, 0.05) is 16.5 Å². The molecular formula is C12H12BrN3O4. The first-order valence-electron chi connectivity index (χ1n) is 5.86. The second-order valence-corrected chi connectivity index (χ2v) is 5.26. The number of nitro groups is 1. The molecule has 0 bridgehead atoms. The highest BCUT2D eigenvalue weighted by Crippen LogP contribution is 2.30. The minimum atomic E-state index is -0.506. The lowest BCUT2D eigenvalue weighted by molar-refractivity contribution is -0.386.